The summed E-state index contributed by atoms with van der Waals surface area (Å²) in [5.74, 6) is -0.889. The lowest BCUT2D eigenvalue weighted by molar-refractivity contribution is -0.317. The molecule has 6 aliphatic rings. The molecule has 0 aromatic heterocycles. The summed E-state index contributed by atoms with van der Waals surface area (Å²) in [5.41, 5.74) is -4.15. The Labute approximate surface area is 189 Å². The van der Waals surface area contributed by atoms with E-state index >= 15 is 0 Å². The third-order valence-corrected chi connectivity index (χ3v) is 11.2. The molecular formula is C24H39NO7. The van der Waals surface area contributed by atoms with Gasteiger partial charge < -0.3 is 34.6 Å². The molecule has 8 nitrogen and oxygen atoms in total. The van der Waals surface area contributed by atoms with Gasteiger partial charge in [0.25, 0.3) is 0 Å². The van der Waals surface area contributed by atoms with E-state index in [1.54, 1.807) is 21.3 Å². The van der Waals surface area contributed by atoms with E-state index in [2.05, 4.69) is 11.8 Å². The lowest BCUT2D eigenvalue weighted by atomic mass is 9.42. The number of rotatable bonds is 5. The van der Waals surface area contributed by atoms with Crippen LogP contribution in [-0.4, -0.2) is 108 Å². The molecule has 1 spiro atoms. The molecule has 4 N–H and O–H groups in total. The number of methoxy groups -OCH3 is 3. The highest BCUT2D eigenvalue weighted by Gasteiger charge is 2.91. The van der Waals surface area contributed by atoms with Crippen LogP contribution in [0.25, 0.3) is 0 Å². The maximum Gasteiger partial charge on any atom is 0.136 e. The number of ether oxygens (including phenoxy) is 3. The van der Waals surface area contributed by atoms with Crippen molar-refractivity contribution in [2.45, 2.75) is 74.3 Å². The molecule has 5 saturated carbocycles. The molecule has 1 unspecified atom stereocenters. The summed E-state index contributed by atoms with van der Waals surface area (Å²) >= 11 is 0. The summed E-state index contributed by atoms with van der Waals surface area (Å²) in [7, 11) is 4.95. The number of aliphatic hydroxyl groups excluding tert-OH is 2. The van der Waals surface area contributed by atoms with E-state index in [0.29, 0.717) is 26.0 Å². The van der Waals surface area contributed by atoms with Crippen LogP contribution >= 0.6 is 0 Å². The van der Waals surface area contributed by atoms with Gasteiger partial charge in [0.1, 0.15) is 11.2 Å². The van der Waals surface area contributed by atoms with Gasteiger partial charge in [-0.3, -0.25) is 4.90 Å². The second-order valence-corrected chi connectivity index (χ2v) is 11.7. The molecule has 7 bridgehead atoms. The fraction of sp³-hybridized carbons (Fsp3) is 1.00. The standard InChI is InChI=1S/C24H39NO7/c1-5-25-10-21(11-30-2)7-6-15(26)23-13-8-12-14(31-3)9-22(28,16(13)17(12)27)24(29,20(23)25)19(32-4)18(21)23/h12-20,26-29H,5-11H2,1-4H3/t12-,13-,14+,15+,16-,17+,18-,19+,20?,21+,22-,23+,24+/m1/s1. The van der Waals surface area contributed by atoms with E-state index in [1.165, 1.54) is 0 Å². The number of nitrogens with zero attached hydrogens (tertiary/aromatic N) is 1. The summed E-state index contributed by atoms with van der Waals surface area (Å²) in [5, 5.41) is 48.5. The molecule has 6 rings (SSSR count). The van der Waals surface area contributed by atoms with Crippen LogP contribution in [0.1, 0.15) is 32.6 Å². The van der Waals surface area contributed by atoms with E-state index in [9.17, 15) is 20.4 Å². The van der Waals surface area contributed by atoms with Crippen molar-refractivity contribution >= 4 is 0 Å². The summed E-state index contributed by atoms with van der Waals surface area (Å²) in [6.07, 6.45) is -0.0296. The van der Waals surface area contributed by atoms with Gasteiger partial charge >= 0.3 is 0 Å². The second kappa shape index (κ2) is 6.66. The van der Waals surface area contributed by atoms with Crippen LogP contribution in [0.15, 0.2) is 0 Å². The number of fused-ring (bicyclic) bond motifs is 2. The van der Waals surface area contributed by atoms with Crippen molar-refractivity contribution in [2.24, 2.45) is 34.5 Å². The van der Waals surface area contributed by atoms with Gasteiger partial charge in [-0.05, 0) is 31.7 Å². The number of hydrogen-bond acceptors (Lipinski definition) is 8. The maximum atomic E-state index is 12.8. The monoisotopic (exact) mass is 453 g/mol. The van der Waals surface area contributed by atoms with Gasteiger partial charge in [-0.2, -0.15) is 0 Å². The van der Waals surface area contributed by atoms with Crippen molar-refractivity contribution in [3.05, 3.63) is 0 Å². The number of piperidine rings is 1. The minimum Gasteiger partial charge on any atom is -0.392 e. The van der Waals surface area contributed by atoms with Gasteiger partial charge in [0.15, 0.2) is 0 Å². The van der Waals surface area contributed by atoms with E-state index in [0.717, 1.165) is 13.0 Å². The normalized spacial score (nSPS) is 62.4. The Morgan fingerprint density at radius 2 is 1.84 bits per heavy atom. The van der Waals surface area contributed by atoms with E-state index in [1.807, 2.05) is 0 Å². The molecule has 0 amide bonds. The lowest BCUT2D eigenvalue weighted by Crippen LogP contribution is -2.81. The van der Waals surface area contributed by atoms with Crippen LogP contribution in [-0.2, 0) is 14.2 Å². The smallest absolute Gasteiger partial charge is 0.136 e. The number of likely N-dealkylation sites (N-methyl/N-ethyl adjacent to an activating group) is 1. The van der Waals surface area contributed by atoms with Crippen molar-refractivity contribution < 1.29 is 34.6 Å². The quantitative estimate of drug-likeness (QED) is 0.446. The average Bonchev–Trinajstić information content (AvgIpc) is 3.14. The molecule has 5 aliphatic carbocycles. The van der Waals surface area contributed by atoms with E-state index < -0.39 is 46.9 Å². The highest BCUT2D eigenvalue weighted by atomic mass is 16.5. The average molecular weight is 454 g/mol. The van der Waals surface area contributed by atoms with Crippen molar-refractivity contribution in [1.29, 1.82) is 0 Å². The Morgan fingerprint density at radius 3 is 2.47 bits per heavy atom. The predicted molar refractivity (Wildman–Crippen MR) is 114 cm³/mol. The third kappa shape index (κ3) is 1.99. The number of likely N-dealkylation sites (tertiary alicyclic amines) is 1. The molecule has 1 aliphatic heterocycles. The Morgan fingerprint density at radius 1 is 1.09 bits per heavy atom. The Kier molecular flexibility index (Phi) is 4.62. The van der Waals surface area contributed by atoms with Crippen molar-refractivity contribution in [2.75, 3.05) is 41.0 Å². The van der Waals surface area contributed by atoms with Crippen LogP contribution in [0.2, 0.25) is 0 Å². The zero-order chi connectivity index (χ0) is 22.8. The van der Waals surface area contributed by atoms with Crippen molar-refractivity contribution in [1.82, 2.24) is 4.90 Å². The largest absolute Gasteiger partial charge is 0.392 e. The molecule has 182 valence electrons. The molecule has 32 heavy (non-hydrogen) atoms. The molecule has 8 heteroatoms. The molecule has 0 aromatic rings. The summed E-state index contributed by atoms with van der Waals surface area (Å²) in [6, 6.07) is -0.442. The number of aliphatic hydroxyl groups is 4. The van der Waals surface area contributed by atoms with Crippen LogP contribution in [0.5, 0.6) is 0 Å². The number of hydrogen-bond donors (Lipinski definition) is 4. The van der Waals surface area contributed by atoms with Crippen molar-refractivity contribution in [3.63, 3.8) is 0 Å². The van der Waals surface area contributed by atoms with Crippen molar-refractivity contribution in [3.8, 4) is 0 Å². The second-order valence-electron chi connectivity index (χ2n) is 11.7. The Bertz CT molecular complexity index is 798. The van der Waals surface area contributed by atoms with Crippen LogP contribution in [0.3, 0.4) is 0 Å². The highest BCUT2D eigenvalue weighted by molar-refractivity contribution is 5.41. The predicted octanol–water partition coefficient (Wildman–Crippen LogP) is -0.383. The Balaban J connectivity index is 1.67. The minimum atomic E-state index is -1.63. The topological polar surface area (TPSA) is 112 Å². The molecule has 0 radical (unpaired) electrons. The van der Waals surface area contributed by atoms with Gasteiger partial charge in [-0.15, -0.1) is 0 Å². The first-order valence-corrected chi connectivity index (χ1v) is 12.3. The van der Waals surface area contributed by atoms with Gasteiger partial charge in [0.2, 0.25) is 0 Å². The van der Waals surface area contributed by atoms with Gasteiger partial charge in [-0.25, -0.2) is 0 Å². The SMILES string of the molecule is CCN1C[C@]2(COC)CC[C@H](O)[C@]34C1[C@@](O)([C@@H](OC)[C@H]23)[C@@]1(O)C[C@H](OC)[C@H]2C[C@@H]4[C@@H]1[C@H]2O. The summed E-state index contributed by atoms with van der Waals surface area (Å²) in [6.45, 7) is 4.05. The highest BCUT2D eigenvalue weighted by Crippen LogP contribution is 2.80. The molecule has 0 aromatic carbocycles. The zero-order valence-corrected chi connectivity index (χ0v) is 19.6. The van der Waals surface area contributed by atoms with Gasteiger partial charge in [-0.1, -0.05) is 6.92 Å². The summed E-state index contributed by atoms with van der Waals surface area (Å²) in [4.78, 5) is 2.28. The van der Waals surface area contributed by atoms with Gasteiger partial charge in [0.05, 0.1) is 37.1 Å². The lowest BCUT2D eigenvalue weighted by Gasteiger charge is -2.69. The molecule has 6 fully saturated rings. The fourth-order valence-electron chi connectivity index (χ4n) is 10.7. The van der Waals surface area contributed by atoms with Crippen LogP contribution in [0, 0.1) is 34.5 Å². The fourth-order valence-corrected chi connectivity index (χ4v) is 10.7. The molecule has 1 heterocycles. The summed E-state index contributed by atoms with van der Waals surface area (Å²) < 4.78 is 17.7. The first-order valence-electron chi connectivity index (χ1n) is 12.3. The molecule has 13 atom stereocenters. The van der Waals surface area contributed by atoms with E-state index in [4.69, 9.17) is 14.2 Å². The van der Waals surface area contributed by atoms with Crippen LogP contribution in [0.4, 0.5) is 0 Å². The zero-order valence-electron chi connectivity index (χ0n) is 19.6. The first-order chi connectivity index (χ1) is 15.2. The first kappa shape index (κ1) is 22.2. The van der Waals surface area contributed by atoms with E-state index in [-0.39, 0.29) is 35.7 Å². The Hall–Kier alpha value is -0.320. The third-order valence-electron chi connectivity index (χ3n) is 11.2. The van der Waals surface area contributed by atoms with Gasteiger partial charge in [0, 0.05) is 62.9 Å². The molecular weight excluding hydrogens is 414 g/mol. The molecule has 1 saturated heterocycles. The minimum absolute atomic E-state index is 0.102. The van der Waals surface area contributed by atoms with Crippen LogP contribution < -0.4 is 0 Å². The maximum absolute atomic E-state index is 12.8.